The molecule has 1 N–H and O–H groups in total. The van der Waals surface area contributed by atoms with Gasteiger partial charge < -0.3 is 19.5 Å². The Kier molecular flexibility index (Phi) is 3.28. The summed E-state index contributed by atoms with van der Waals surface area (Å²) in [6, 6.07) is 5.62. The molecular formula is C11H12ClNO4. The maximum atomic E-state index is 11.1. The summed E-state index contributed by atoms with van der Waals surface area (Å²) in [4.78, 5) is 11.1. The minimum Gasteiger partial charge on any atom is -0.454 e. The first-order valence-electron chi connectivity index (χ1n) is 5.16. The topological polar surface area (TPSA) is 56.8 Å². The van der Waals surface area contributed by atoms with Crippen LogP contribution in [0, 0.1) is 0 Å². The van der Waals surface area contributed by atoms with Gasteiger partial charge in [-0.15, -0.1) is 12.4 Å². The average Bonchev–Trinajstić information content (AvgIpc) is 2.76. The van der Waals surface area contributed by atoms with E-state index in [1.54, 1.807) is 0 Å². The van der Waals surface area contributed by atoms with Crippen LogP contribution in [0.4, 0.5) is 4.79 Å². The highest BCUT2D eigenvalue weighted by molar-refractivity contribution is 5.85. The van der Waals surface area contributed by atoms with Crippen LogP contribution in [-0.4, -0.2) is 19.5 Å². The predicted octanol–water partition coefficient (Wildman–Crippen LogP) is 2.01. The third-order valence-corrected chi connectivity index (χ3v) is 2.73. The van der Waals surface area contributed by atoms with Crippen LogP contribution in [0.3, 0.4) is 0 Å². The number of hydrogen-bond acceptors (Lipinski definition) is 4. The third-order valence-electron chi connectivity index (χ3n) is 2.73. The summed E-state index contributed by atoms with van der Waals surface area (Å²) in [5.41, 5.74) is 0.951. The van der Waals surface area contributed by atoms with Crippen LogP contribution >= 0.6 is 12.4 Å². The van der Waals surface area contributed by atoms with Crippen molar-refractivity contribution in [3.8, 4) is 11.5 Å². The van der Waals surface area contributed by atoms with Gasteiger partial charge in [-0.2, -0.15) is 0 Å². The molecule has 1 atom stereocenters. The normalized spacial score (nSPS) is 21.2. The maximum Gasteiger partial charge on any atom is 0.407 e. The first kappa shape index (κ1) is 11.9. The van der Waals surface area contributed by atoms with Crippen LogP contribution in [-0.2, 0) is 4.74 Å². The van der Waals surface area contributed by atoms with Crippen molar-refractivity contribution in [1.82, 2.24) is 5.32 Å². The molecule has 92 valence electrons. The van der Waals surface area contributed by atoms with Crippen molar-refractivity contribution in [2.24, 2.45) is 0 Å². The molecule has 0 radical (unpaired) electrons. The monoisotopic (exact) mass is 257 g/mol. The molecule has 3 rings (SSSR count). The van der Waals surface area contributed by atoms with Crippen molar-refractivity contribution in [3.63, 3.8) is 0 Å². The Balaban J connectivity index is 0.00000108. The molecule has 0 saturated carbocycles. The molecule has 1 amide bonds. The molecule has 1 fully saturated rings. The number of carbonyl (C=O) groups excluding carboxylic acids is 1. The number of benzene rings is 1. The third kappa shape index (κ3) is 2.10. The highest BCUT2D eigenvalue weighted by Gasteiger charge is 2.27. The van der Waals surface area contributed by atoms with Crippen LogP contribution in [0.1, 0.15) is 18.0 Å². The van der Waals surface area contributed by atoms with Crippen LogP contribution in [0.2, 0.25) is 0 Å². The van der Waals surface area contributed by atoms with Gasteiger partial charge >= 0.3 is 6.09 Å². The second kappa shape index (κ2) is 4.71. The summed E-state index contributed by atoms with van der Waals surface area (Å²) in [6.07, 6.45) is 0.360. The number of nitrogens with one attached hydrogen (secondary N) is 1. The van der Waals surface area contributed by atoms with E-state index in [1.807, 2.05) is 18.2 Å². The standard InChI is InChI=1S/C11H11NO4.ClH/c13-11-12-8(4-5-14-11)7-2-1-3-9-10(7)16-6-15-9;/h1-3,8H,4-6H2,(H,12,13);1H/t8-;/m0./s1. The van der Waals surface area contributed by atoms with Crippen LogP contribution in [0.5, 0.6) is 11.5 Å². The summed E-state index contributed by atoms with van der Waals surface area (Å²) in [7, 11) is 0. The largest absolute Gasteiger partial charge is 0.454 e. The minimum absolute atomic E-state index is 0. The second-order valence-corrected chi connectivity index (χ2v) is 3.70. The number of fused-ring (bicyclic) bond motifs is 1. The van der Waals surface area contributed by atoms with Crippen molar-refractivity contribution in [2.45, 2.75) is 12.5 Å². The van der Waals surface area contributed by atoms with Crippen LogP contribution in [0.25, 0.3) is 0 Å². The van der Waals surface area contributed by atoms with Gasteiger partial charge in [0.05, 0.1) is 12.6 Å². The van der Waals surface area contributed by atoms with E-state index in [1.165, 1.54) is 0 Å². The molecule has 1 aromatic rings. The molecule has 5 nitrogen and oxygen atoms in total. The zero-order valence-corrected chi connectivity index (χ0v) is 9.79. The SMILES string of the molecule is Cl.O=C1N[C@H](c2cccc3c2OCO3)CCO1. The van der Waals surface area contributed by atoms with Gasteiger partial charge in [0, 0.05) is 12.0 Å². The van der Waals surface area contributed by atoms with Gasteiger partial charge in [0.25, 0.3) is 0 Å². The lowest BCUT2D eigenvalue weighted by Gasteiger charge is -2.24. The molecule has 0 bridgehead atoms. The zero-order valence-electron chi connectivity index (χ0n) is 8.97. The van der Waals surface area contributed by atoms with E-state index in [0.29, 0.717) is 6.61 Å². The first-order chi connectivity index (χ1) is 7.84. The second-order valence-electron chi connectivity index (χ2n) is 3.70. The quantitative estimate of drug-likeness (QED) is 0.836. The number of para-hydroxylation sites is 1. The number of hydrogen-bond donors (Lipinski definition) is 1. The van der Waals surface area contributed by atoms with E-state index in [2.05, 4.69) is 5.32 Å². The molecule has 1 aromatic carbocycles. The zero-order chi connectivity index (χ0) is 11.0. The van der Waals surface area contributed by atoms with Crippen molar-refractivity contribution < 1.29 is 19.0 Å². The van der Waals surface area contributed by atoms with E-state index in [-0.39, 0.29) is 31.3 Å². The highest BCUT2D eigenvalue weighted by Crippen LogP contribution is 2.39. The molecule has 2 heterocycles. The molecule has 0 spiro atoms. The summed E-state index contributed by atoms with van der Waals surface area (Å²) in [5, 5.41) is 2.77. The highest BCUT2D eigenvalue weighted by atomic mass is 35.5. The van der Waals surface area contributed by atoms with Crippen molar-refractivity contribution in [1.29, 1.82) is 0 Å². The van der Waals surface area contributed by atoms with Gasteiger partial charge in [0.15, 0.2) is 11.5 Å². The van der Waals surface area contributed by atoms with Crippen LogP contribution < -0.4 is 14.8 Å². The molecule has 1 saturated heterocycles. The lowest BCUT2D eigenvalue weighted by Crippen LogP contribution is -2.35. The number of rotatable bonds is 1. The predicted molar refractivity (Wildman–Crippen MR) is 61.7 cm³/mol. The summed E-state index contributed by atoms with van der Waals surface area (Å²) in [6.45, 7) is 0.671. The Hall–Kier alpha value is -1.62. The van der Waals surface area contributed by atoms with Gasteiger partial charge in [-0.3, -0.25) is 0 Å². The number of alkyl carbamates (subject to hydrolysis) is 1. The van der Waals surface area contributed by atoms with Gasteiger partial charge in [-0.05, 0) is 6.07 Å². The molecular weight excluding hydrogens is 246 g/mol. The lowest BCUT2D eigenvalue weighted by molar-refractivity contribution is 0.114. The average molecular weight is 258 g/mol. The summed E-state index contributed by atoms with van der Waals surface area (Å²) >= 11 is 0. The van der Waals surface area contributed by atoms with Crippen molar-refractivity contribution in [3.05, 3.63) is 23.8 Å². The molecule has 0 aromatic heterocycles. The fraction of sp³-hybridized carbons (Fsp3) is 0.364. The van der Waals surface area contributed by atoms with E-state index in [0.717, 1.165) is 23.5 Å². The van der Waals surface area contributed by atoms with Crippen LogP contribution in [0.15, 0.2) is 18.2 Å². The van der Waals surface area contributed by atoms with Crippen molar-refractivity contribution in [2.75, 3.05) is 13.4 Å². The van der Waals surface area contributed by atoms with Gasteiger partial charge in [0.1, 0.15) is 0 Å². The molecule has 0 unspecified atom stereocenters. The lowest BCUT2D eigenvalue weighted by atomic mass is 10.0. The molecule has 6 heteroatoms. The fourth-order valence-electron chi connectivity index (χ4n) is 1.99. The Morgan fingerprint density at radius 3 is 2.94 bits per heavy atom. The van der Waals surface area contributed by atoms with Gasteiger partial charge in [-0.1, -0.05) is 12.1 Å². The first-order valence-corrected chi connectivity index (χ1v) is 5.16. The maximum absolute atomic E-state index is 11.1. The molecule has 17 heavy (non-hydrogen) atoms. The Morgan fingerprint density at radius 1 is 1.24 bits per heavy atom. The number of cyclic esters (lactones) is 1. The minimum atomic E-state index is -0.382. The Morgan fingerprint density at radius 2 is 2.12 bits per heavy atom. The Bertz CT molecular complexity index is 437. The summed E-state index contributed by atoms with van der Waals surface area (Å²) in [5.74, 6) is 1.47. The Labute approximate surface area is 104 Å². The number of halogens is 1. The van der Waals surface area contributed by atoms with E-state index in [4.69, 9.17) is 14.2 Å². The van der Waals surface area contributed by atoms with E-state index < -0.39 is 0 Å². The summed E-state index contributed by atoms with van der Waals surface area (Å²) < 4.78 is 15.5. The molecule has 0 aliphatic carbocycles. The van der Waals surface area contributed by atoms with E-state index in [9.17, 15) is 4.79 Å². The molecule has 2 aliphatic rings. The molecule has 2 aliphatic heterocycles. The number of amides is 1. The number of carbonyl (C=O) groups is 1. The van der Waals surface area contributed by atoms with Gasteiger partial charge in [-0.25, -0.2) is 4.79 Å². The van der Waals surface area contributed by atoms with E-state index >= 15 is 0 Å². The smallest absolute Gasteiger partial charge is 0.407 e. The fourth-order valence-corrected chi connectivity index (χ4v) is 1.99. The van der Waals surface area contributed by atoms with Gasteiger partial charge in [0.2, 0.25) is 6.79 Å². The van der Waals surface area contributed by atoms with Crippen molar-refractivity contribution >= 4 is 18.5 Å². The number of ether oxygens (including phenoxy) is 3.